The molecule has 4 rings (SSSR count). The van der Waals surface area contributed by atoms with Gasteiger partial charge < -0.3 is 20.1 Å². The van der Waals surface area contributed by atoms with E-state index in [-0.39, 0.29) is 30.3 Å². The second-order valence-corrected chi connectivity index (χ2v) is 7.81. The molecule has 2 unspecified atom stereocenters. The van der Waals surface area contributed by atoms with Crippen molar-refractivity contribution in [2.45, 2.75) is 76.3 Å². The van der Waals surface area contributed by atoms with Gasteiger partial charge in [-0.2, -0.15) is 5.10 Å². The average molecular weight is 362 g/mol. The van der Waals surface area contributed by atoms with Crippen LogP contribution in [0.3, 0.4) is 0 Å². The summed E-state index contributed by atoms with van der Waals surface area (Å²) in [5.41, 5.74) is 1.08. The largest absolute Gasteiger partial charge is 0.378 e. The SMILES string of the molecule is CCC1CC(NC(=O)N[C@H]2CCO[C@@H]2c2ccnn2CC2CC2)CCO1. The van der Waals surface area contributed by atoms with E-state index in [2.05, 4.69) is 27.3 Å². The number of ether oxygens (including phenoxy) is 2. The zero-order valence-corrected chi connectivity index (χ0v) is 15.5. The van der Waals surface area contributed by atoms with E-state index in [1.165, 1.54) is 12.8 Å². The molecule has 2 N–H and O–H groups in total. The molecule has 2 saturated heterocycles. The Kier molecular flexibility index (Phi) is 5.45. The molecule has 1 aromatic heterocycles. The van der Waals surface area contributed by atoms with Crippen LogP contribution in [-0.4, -0.2) is 47.2 Å². The van der Waals surface area contributed by atoms with Crippen molar-refractivity contribution in [1.29, 1.82) is 0 Å². The number of amides is 2. The van der Waals surface area contributed by atoms with Crippen molar-refractivity contribution in [2.24, 2.45) is 5.92 Å². The predicted molar refractivity (Wildman–Crippen MR) is 96.8 cm³/mol. The summed E-state index contributed by atoms with van der Waals surface area (Å²) in [5, 5.41) is 10.7. The van der Waals surface area contributed by atoms with Crippen molar-refractivity contribution < 1.29 is 14.3 Å². The third kappa shape index (κ3) is 4.20. The maximum absolute atomic E-state index is 12.5. The molecule has 3 fully saturated rings. The molecule has 144 valence electrons. The van der Waals surface area contributed by atoms with Crippen molar-refractivity contribution in [1.82, 2.24) is 20.4 Å². The molecule has 26 heavy (non-hydrogen) atoms. The smallest absolute Gasteiger partial charge is 0.315 e. The van der Waals surface area contributed by atoms with E-state index in [0.29, 0.717) is 6.61 Å². The van der Waals surface area contributed by atoms with Gasteiger partial charge in [-0.3, -0.25) is 4.68 Å². The number of urea groups is 1. The van der Waals surface area contributed by atoms with Crippen LogP contribution in [0.2, 0.25) is 0 Å². The maximum atomic E-state index is 12.5. The van der Waals surface area contributed by atoms with Crippen LogP contribution >= 0.6 is 0 Å². The fourth-order valence-electron chi connectivity index (χ4n) is 4.00. The normalized spacial score (nSPS) is 31.7. The number of hydrogen-bond acceptors (Lipinski definition) is 4. The first kappa shape index (κ1) is 17.8. The molecule has 7 heteroatoms. The number of nitrogens with zero attached hydrogens (tertiary/aromatic N) is 2. The summed E-state index contributed by atoms with van der Waals surface area (Å²) in [6.45, 7) is 4.47. The van der Waals surface area contributed by atoms with Crippen LogP contribution in [0.25, 0.3) is 0 Å². The number of carbonyl (C=O) groups excluding carboxylic acids is 1. The van der Waals surface area contributed by atoms with Crippen LogP contribution < -0.4 is 10.6 Å². The molecule has 0 spiro atoms. The van der Waals surface area contributed by atoms with E-state index in [9.17, 15) is 4.79 Å². The summed E-state index contributed by atoms with van der Waals surface area (Å²) < 4.78 is 13.7. The first-order valence-electron chi connectivity index (χ1n) is 10.0. The van der Waals surface area contributed by atoms with Crippen molar-refractivity contribution >= 4 is 6.03 Å². The molecule has 2 amide bonds. The van der Waals surface area contributed by atoms with Gasteiger partial charge >= 0.3 is 6.03 Å². The Hall–Kier alpha value is -1.60. The Bertz CT molecular complexity index is 616. The molecular weight excluding hydrogens is 332 g/mol. The third-order valence-electron chi connectivity index (χ3n) is 5.73. The maximum Gasteiger partial charge on any atom is 0.315 e. The van der Waals surface area contributed by atoms with Crippen LogP contribution in [0.15, 0.2) is 12.3 Å². The fraction of sp³-hybridized carbons (Fsp3) is 0.789. The van der Waals surface area contributed by atoms with Crippen LogP contribution in [0.4, 0.5) is 4.79 Å². The molecule has 2 aliphatic heterocycles. The quantitative estimate of drug-likeness (QED) is 0.814. The number of rotatable bonds is 6. The first-order valence-corrected chi connectivity index (χ1v) is 10.0. The van der Waals surface area contributed by atoms with Gasteiger partial charge in [0.2, 0.25) is 0 Å². The molecule has 1 aliphatic carbocycles. The number of hydrogen-bond donors (Lipinski definition) is 2. The van der Waals surface area contributed by atoms with E-state index in [0.717, 1.165) is 50.4 Å². The third-order valence-corrected chi connectivity index (χ3v) is 5.73. The monoisotopic (exact) mass is 362 g/mol. The lowest BCUT2D eigenvalue weighted by molar-refractivity contribution is 0.00179. The summed E-state index contributed by atoms with van der Waals surface area (Å²) in [7, 11) is 0. The summed E-state index contributed by atoms with van der Waals surface area (Å²) in [6.07, 6.45) is 8.15. The topological polar surface area (TPSA) is 77.4 Å². The van der Waals surface area contributed by atoms with Gasteiger partial charge in [0.1, 0.15) is 6.10 Å². The lowest BCUT2D eigenvalue weighted by Gasteiger charge is -2.30. The van der Waals surface area contributed by atoms with Crippen molar-refractivity contribution in [3.05, 3.63) is 18.0 Å². The standard InChI is InChI=1S/C19H30N4O3/c1-2-15-11-14(6-9-25-15)21-19(24)22-16-7-10-26-18(16)17-5-8-20-23(17)12-13-3-4-13/h5,8,13-16,18H,2-4,6-7,9-12H2,1H3,(H2,21,22,24)/t14?,15?,16-,18-/m0/s1. The molecule has 1 saturated carbocycles. The molecule has 0 radical (unpaired) electrons. The predicted octanol–water partition coefficient (Wildman–Crippen LogP) is 2.38. The molecule has 3 aliphatic rings. The minimum atomic E-state index is -0.111. The number of carbonyl (C=O) groups is 1. The molecule has 1 aromatic rings. The Balaban J connectivity index is 1.33. The Morgan fingerprint density at radius 3 is 2.88 bits per heavy atom. The van der Waals surface area contributed by atoms with E-state index in [4.69, 9.17) is 9.47 Å². The van der Waals surface area contributed by atoms with E-state index in [1.54, 1.807) is 0 Å². The van der Waals surface area contributed by atoms with Gasteiger partial charge in [0.15, 0.2) is 0 Å². The van der Waals surface area contributed by atoms with Gasteiger partial charge in [0.25, 0.3) is 0 Å². The van der Waals surface area contributed by atoms with Crippen molar-refractivity contribution in [2.75, 3.05) is 13.2 Å². The van der Waals surface area contributed by atoms with Gasteiger partial charge in [0.05, 0.1) is 17.8 Å². The van der Waals surface area contributed by atoms with Crippen LogP contribution in [0.5, 0.6) is 0 Å². The molecule has 3 heterocycles. The minimum Gasteiger partial charge on any atom is -0.378 e. The second kappa shape index (κ2) is 7.96. The van der Waals surface area contributed by atoms with Crippen LogP contribution in [0, 0.1) is 5.92 Å². The Labute approximate surface area is 154 Å². The second-order valence-electron chi connectivity index (χ2n) is 7.81. The van der Waals surface area contributed by atoms with E-state index < -0.39 is 0 Å². The molecule has 0 aromatic carbocycles. The first-order chi connectivity index (χ1) is 12.7. The highest BCUT2D eigenvalue weighted by Gasteiger charge is 2.35. The molecule has 7 nitrogen and oxygen atoms in total. The summed E-state index contributed by atoms with van der Waals surface area (Å²) in [6, 6.07) is 2.11. The minimum absolute atomic E-state index is 0.00790. The summed E-state index contributed by atoms with van der Waals surface area (Å²) in [4.78, 5) is 12.5. The molecule has 4 atom stereocenters. The Morgan fingerprint density at radius 2 is 2.08 bits per heavy atom. The van der Waals surface area contributed by atoms with Crippen molar-refractivity contribution in [3.63, 3.8) is 0 Å². The molecular formula is C19H30N4O3. The van der Waals surface area contributed by atoms with Crippen molar-refractivity contribution in [3.8, 4) is 0 Å². The van der Waals surface area contributed by atoms with Gasteiger partial charge in [-0.1, -0.05) is 6.92 Å². The number of nitrogens with one attached hydrogen (secondary N) is 2. The molecule has 0 bridgehead atoms. The van der Waals surface area contributed by atoms with Gasteiger partial charge in [-0.25, -0.2) is 4.79 Å². The highest BCUT2D eigenvalue weighted by Crippen LogP contribution is 2.34. The lowest BCUT2D eigenvalue weighted by atomic mass is 10.0. The van der Waals surface area contributed by atoms with Gasteiger partial charge in [-0.05, 0) is 50.5 Å². The van der Waals surface area contributed by atoms with Crippen LogP contribution in [-0.2, 0) is 16.0 Å². The summed E-state index contributed by atoms with van der Waals surface area (Å²) in [5.74, 6) is 0.754. The van der Waals surface area contributed by atoms with Crippen LogP contribution in [0.1, 0.15) is 57.2 Å². The van der Waals surface area contributed by atoms with Gasteiger partial charge in [-0.15, -0.1) is 0 Å². The fourth-order valence-corrected chi connectivity index (χ4v) is 4.00. The average Bonchev–Trinajstić information content (AvgIpc) is 3.14. The number of aromatic nitrogens is 2. The highest BCUT2D eigenvalue weighted by molar-refractivity contribution is 5.74. The Morgan fingerprint density at radius 1 is 1.23 bits per heavy atom. The zero-order chi connectivity index (χ0) is 17.9. The lowest BCUT2D eigenvalue weighted by Crippen LogP contribution is -2.49. The van der Waals surface area contributed by atoms with E-state index >= 15 is 0 Å². The zero-order valence-electron chi connectivity index (χ0n) is 15.5. The highest BCUT2D eigenvalue weighted by atomic mass is 16.5. The van der Waals surface area contributed by atoms with E-state index in [1.807, 2.05) is 12.3 Å². The summed E-state index contributed by atoms with van der Waals surface area (Å²) >= 11 is 0. The van der Waals surface area contributed by atoms with Gasteiger partial charge in [0, 0.05) is 32.0 Å².